The van der Waals surface area contributed by atoms with E-state index in [-0.39, 0.29) is 12.0 Å². The lowest BCUT2D eigenvalue weighted by Gasteiger charge is -2.09. The fourth-order valence-electron chi connectivity index (χ4n) is 1.28. The molecule has 0 aromatic carbocycles. The van der Waals surface area contributed by atoms with Gasteiger partial charge in [0.2, 0.25) is 0 Å². The van der Waals surface area contributed by atoms with Crippen LogP contribution in [0.25, 0.3) is 0 Å². The first-order valence-electron chi connectivity index (χ1n) is 3.19. The molecule has 0 spiro atoms. The summed E-state index contributed by atoms with van der Waals surface area (Å²) >= 11 is 0. The van der Waals surface area contributed by atoms with Crippen LogP contribution in [0.4, 0.5) is 0 Å². The second kappa shape index (κ2) is 2.94. The second-order valence-corrected chi connectivity index (χ2v) is 2.41. The summed E-state index contributed by atoms with van der Waals surface area (Å²) in [6, 6.07) is 0. The molecule has 1 fully saturated rings. The van der Waals surface area contributed by atoms with Crippen molar-refractivity contribution in [1.82, 2.24) is 0 Å². The summed E-state index contributed by atoms with van der Waals surface area (Å²) in [6.07, 6.45) is 3.85. The monoisotopic (exact) mass is 129 g/mol. The van der Waals surface area contributed by atoms with E-state index in [4.69, 9.17) is 5.90 Å². The van der Waals surface area contributed by atoms with Crippen LogP contribution in [0, 0.1) is 5.92 Å². The number of aldehydes is 1. The van der Waals surface area contributed by atoms with Gasteiger partial charge in [-0.25, -0.2) is 5.90 Å². The highest BCUT2D eigenvalue weighted by Crippen LogP contribution is 2.24. The molecule has 0 saturated heterocycles. The molecule has 0 amide bonds. The van der Waals surface area contributed by atoms with E-state index in [0.29, 0.717) is 0 Å². The van der Waals surface area contributed by atoms with Gasteiger partial charge in [0.05, 0.1) is 6.10 Å². The predicted octanol–water partition coefficient (Wildman–Crippen LogP) is 0.244. The van der Waals surface area contributed by atoms with Crippen molar-refractivity contribution in [2.75, 3.05) is 0 Å². The molecule has 1 aliphatic carbocycles. The average molecular weight is 129 g/mol. The highest BCUT2D eigenvalue weighted by molar-refractivity contribution is 5.55. The van der Waals surface area contributed by atoms with Gasteiger partial charge in [0.15, 0.2) is 0 Å². The second-order valence-electron chi connectivity index (χ2n) is 2.41. The molecule has 1 aliphatic rings. The Balaban J connectivity index is 2.41. The molecule has 0 bridgehead atoms. The molecule has 0 aliphatic heterocycles. The van der Waals surface area contributed by atoms with Gasteiger partial charge in [0, 0.05) is 5.92 Å². The molecule has 0 radical (unpaired) electrons. The van der Waals surface area contributed by atoms with Crippen LogP contribution in [0.3, 0.4) is 0 Å². The Hall–Kier alpha value is -0.410. The van der Waals surface area contributed by atoms with Crippen LogP contribution in [-0.2, 0) is 9.63 Å². The van der Waals surface area contributed by atoms with Gasteiger partial charge in [-0.3, -0.25) is 0 Å². The number of hydrogen-bond acceptors (Lipinski definition) is 3. The Morgan fingerprint density at radius 3 is 2.78 bits per heavy atom. The van der Waals surface area contributed by atoms with Crippen LogP contribution >= 0.6 is 0 Å². The summed E-state index contributed by atoms with van der Waals surface area (Å²) in [5, 5.41) is 0. The number of rotatable bonds is 2. The predicted molar refractivity (Wildman–Crippen MR) is 32.5 cm³/mol. The average Bonchev–Trinajstić information content (AvgIpc) is 2.33. The smallest absolute Gasteiger partial charge is 0.125 e. The first-order chi connectivity index (χ1) is 4.38. The van der Waals surface area contributed by atoms with Crippen molar-refractivity contribution in [3.8, 4) is 0 Å². The fraction of sp³-hybridized carbons (Fsp3) is 0.833. The quantitative estimate of drug-likeness (QED) is 0.429. The van der Waals surface area contributed by atoms with Gasteiger partial charge in [-0.15, -0.1) is 0 Å². The van der Waals surface area contributed by atoms with Crippen LogP contribution in [0.1, 0.15) is 19.3 Å². The Morgan fingerprint density at radius 2 is 2.33 bits per heavy atom. The van der Waals surface area contributed by atoms with Crippen LogP contribution < -0.4 is 5.90 Å². The van der Waals surface area contributed by atoms with Crippen molar-refractivity contribution >= 4 is 6.29 Å². The molecular weight excluding hydrogens is 118 g/mol. The maximum absolute atomic E-state index is 10.2. The van der Waals surface area contributed by atoms with Gasteiger partial charge in [-0.05, 0) is 19.3 Å². The minimum atomic E-state index is -0.0116. The third kappa shape index (κ3) is 1.28. The van der Waals surface area contributed by atoms with E-state index in [1.165, 1.54) is 0 Å². The summed E-state index contributed by atoms with van der Waals surface area (Å²) in [7, 11) is 0. The standard InChI is InChI=1S/C6H11NO2/c7-9-6-3-1-2-5(6)4-8/h4-6H,1-3,7H2. The summed E-state index contributed by atoms with van der Waals surface area (Å²) in [6.45, 7) is 0. The molecule has 2 N–H and O–H groups in total. The van der Waals surface area contributed by atoms with Gasteiger partial charge >= 0.3 is 0 Å². The van der Waals surface area contributed by atoms with Crippen molar-refractivity contribution in [2.24, 2.45) is 11.8 Å². The van der Waals surface area contributed by atoms with Crippen molar-refractivity contribution in [3.05, 3.63) is 0 Å². The molecule has 0 heterocycles. The number of hydrogen-bond donors (Lipinski definition) is 1. The Kier molecular flexibility index (Phi) is 2.19. The fourth-order valence-corrected chi connectivity index (χ4v) is 1.28. The third-order valence-electron chi connectivity index (χ3n) is 1.85. The lowest BCUT2D eigenvalue weighted by molar-refractivity contribution is -0.114. The molecule has 2 unspecified atom stereocenters. The normalized spacial score (nSPS) is 34.8. The molecule has 0 aromatic heterocycles. The maximum Gasteiger partial charge on any atom is 0.125 e. The molecule has 0 aromatic rings. The van der Waals surface area contributed by atoms with Crippen LogP contribution in [0.5, 0.6) is 0 Å². The lowest BCUT2D eigenvalue weighted by Crippen LogP contribution is -2.22. The van der Waals surface area contributed by atoms with E-state index in [0.717, 1.165) is 25.5 Å². The molecule has 9 heavy (non-hydrogen) atoms. The Labute approximate surface area is 54.1 Å². The minimum Gasteiger partial charge on any atom is -0.303 e. The van der Waals surface area contributed by atoms with Gasteiger partial charge in [-0.1, -0.05) is 0 Å². The number of carbonyl (C=O) groups is 1. The molecule has 52 valence electrons. The molecule has 1 rings (SSSR count). The van der Waals surface area contributed by atoms with Gasteiger partial charge in [0.1, 0.15) is 6.29 Å². The maximum atomic E-state index is 10.2. The first kappa shape index (κ1) is 6.71. The highest BCUT2D eigenvalue weighted by atomic mass is 16.6. The molecule has 3 nitrogen and oxygen atoms in total. The number of nitrogens with two attached hydrogens (primary N) is 1. The number of carbonyl (C=O) groups excluding carboxylic acids is 1. The van der Waals surface area contributed by atoms with Crippen LogP contribution in [0.2, 0.25) is 0 Å². The topological polar surface area (TPSA) is 52.3 Å². The highest BCUT2D eigenvalue weighted by Gasteiger charge is 2.26. The summed E-state index contributed by atoms with van der Waals surface area (Å²) < 4.78 is 0. The molecule has 3 heteroatoms. The molecular formula is C6H11NO2. The summed E-state index contributed by atoms with van der Waals surface area (Å²) in [5.74, 6) is 4.99. The zero-order valence-corrected chi connectivity index (χ0v) is 5.25. The van der Waals surface area contributed by atoms with E-state index in [9.17, 15) is 4.79 Å². The zero-order chi connectivity index (χ0) is 6.69. The summed E-state index contributed by atoms with van der Waals surface area (Å²) in [5.41, 5.74) is 0. The SMILES string of the molecule is NOC1CCCC1C=O. The first-order valence-corrected chi connectivity index (χ1v) is 3.19. The van der Waals surface area contributed by atoms with E-state index in [1.54, 1.807) is 0 Å². The van der Waals surface area contributed by atoms with Crippen molar-refractivity contribution in [2.45, 2.75) is 25.4 Å². The van der Waals surface area contributed by atoms with E-state index < -0.39 is 0 Å². The van der Waals surface area contributed by atoms with Crippen molar-refractivity contribution in [3.63, 3.8) is 0 Å². The van der Waals surface area contributed by atoms with Crippen molar-refractivity contribution in [1.29, 1.82) is 0 Å². The van der Waals surface area contributed by atoms with Gasteiger partial charge in [-0.2, -0.15) is 0 Å². The Morgan fingerprint density at radius 1 is 1.56 bits per heavy atom. The van der Waals surface area contributed by atoms with Gasteiger partial charge in [0.25, 0.3) is 0 Å². The lowest BCUT2D eigenvalue weighted by atomic mass is 10.1. The third-order valence-corrected chi connectivity index (χ3v) is 1.85. The van der Waals surface area contributed by atoms with E-state index in [2.05, 4.69) is 4.84 Å². The van der Waals surface area contributed by atoms with Crippen molar-refractivity contribution < 1.29 is 9.63 Å². The largest absolute Gasteiger partial charge is 0.303 e. The molecule has 1 saturated carbocycles. The molecule has 2 atom stereocenters. The van der Waals surface area contributed by atoms with E-state index in [1.807, 2.05) is 0 Å². The summed E-state index contributed by atoms with van der Waals surface area (Å²) in [4.78, 5) is 14.8. The van der Waals surface area contributed by atoms with Gasteiger partial charge < -0.3 is 9.63 Å². The Bertz CT molecular complexity index is 105. The van der Waals surface area contributed by atoms with E-state index >= 15 is 0 Å². The zero-order valence-electron chi connectivity index (χ0n) is 5.25. The minimum absolute atomic E-state index is 0.0116. The van der Waals surface area contributed by atoms with Crippen LogP contribution in [0.15, 0.2) is 0 Å². The van der Waals surface area contributed by atoms with Crippen LogP contribution in [-0.4, -0.2) is 12.4 Å².